The molecule has 1 aromatic rings. The van der Waals surface area contributed by atoms with E-state index < -0.39 is 10.0 Å². The molecule has 2 rings (SSSR count). The molecule has 1 amide bonds. The summed E-state index contributed by atoms with van der Waals surface area (Å²) in [5, 5.41) is 3.25. The first-order valence-electron chi connectivity index (χ1n) is 7.83. The van der Waals surface area contributed by atoms with Crippen LogP contribution in [0.2, 0.25) is 0 Å². The van der Waals surface area contributed by atoms with Gasteiger partial charge in [0.25, 0.3) is 5.91 Å². The molecule has 0 aliphatic carbocycles. The molecular formula is C15H25N3O4S. The summed E-state index contributed by atoms with van der Waals surface area (Å²) in [7, 11) is -0.710. The molecule has 1 aromatic heterocycles. The first-order chi connectivity index (χ1) is 10.8. The summed E-state index contributed by atoms with van der Waals surface area (Å²) in [5.74, 6) is 0.0789. The Labute approximate surface area is 137 Å². The lowest BCUT2D eigenvalue weighted by Gasteiger charge is -2.27. The van der Waals surface area contributed by atoms with Gasteiger partial charge in [0.05, 0.1) is 0 Å². The van der Waals surface area contributed by atoms with Gasteiger partial charge in [-0.25, -0.2) is 12.7 Å². The van der Waals surface area contributed by atoms with Crippen LogP contribution in [0.3, 0.4) is 0 Å². The van der Waals surface area contributed by atoms with E-state index in [0.29, 0.717) is 6.54 Å². The van der Waals surface area contributed by atoms with Gasteiger partial charge in [0.1, 0.15) is 10.7 Å². The van der Waals surface area contributed by atoms with Crippen molar-refractivity contribution in [3.05, 3.63) is 17.6 Å². The highest BCUT2D eigenvalue weighted by atomic mass is 32.2. The fraction of sp³-hybridized carbons (Fsp3) is 0.667. The molecule has 1 fully saturated rings. The zero-order chi connectivity index (χ0) is 17.2. The molecule has 1 atom stereocenters. The van der Waals surface area contributed by atoms with Crippen LogP contribution < -0.4 is 5.32 Å². The van der Waals surface area contributed by atoms with E-state index >= 15 is 0 Å². The smallest absolute Gasteiger partial charge is 0.289 e. The monoisotopic (exact) mass is 343 g/mol. The number of hydrogen-bond acceptors (Lipinski definition) is 5. The first-order valence-corrected chi connectivity index (χ1v) is 9.27. The summed E-state index contributed by atoms with van der Waals surface area (Å²) < 4.78 is 31.1. The zero-order valence-electron chi connectivity index (χ0n) is 14.1. The molecule has 7 nitrogen and oxygen atoms in total. The van der Waals surface area contributed by atoms with Crippen molar-refractivity contribution in [2.24, 2.45) is 0 Å². The van der Waals surface area contributed by atoms with E-state index in [2.05, 4.69) is 5.32 Å². The maximum absolute atomic E-state index is 12.8. The van der Waals surface area contributed by atoms with Crippen molar-refractivity contribution in [2.45, 2.75) is 37.6 Å². The van der Waals surface area contributed by atoms with Crippen LogP contribution in [0, 0.1) is 6.92 Å². The van der Waals surface area contributed by atoms with Crippen LogP contribution in [-0.4, -0.2) is 63.3 Å². The van der Waals surface area contributed by atoms with E-state index in [1.54, 1.807) is 11.8 Å². The maximum atomic E-state index is 12.8. The lowest BCUT2D eigenvalue weighted by atomic mass is 10.2. The Balaban J connectivity index is 2.32. The van der Waals surface area contributed by atoms with Crippen LogP contribution in [0.15, 0.2) is 15.4 Å². The normalized spacial score (nSPS) is 18.6. The first kappa shape index (κ1) is 18.0. The molecule has 130 valence electrons. The fourth-order valence-corrected chi connectivity index (χ4v) is 3.82. The number of furan rings is 1. The van der Waals surface area contributed by atoms with Crippen molar-refractivity contribution < 1.29 is 17.6 Å². The van der Waals surface area contributed by atoms with E-state index in [4.69, 9.17) is 4.42 Å². The van der Waals surface area contributed by atoms with Crippen LogP contribution in [0.25, 0.3) is 0 Å². The molecular weight excluding hydrogens is 318 g/mol. The summed E-state index contributed by atoms with van der Waals surface area (Å²) in [6.45, 7) is 5.84. The molecule has 1 N–H and O–H groups in total. The SMILES string of the molecule is CCCN(C(=O)c1cc(S(=O)(=O)N(C)C)c(C)o1)C1CCNC1. The molecule has 23 heavy (non-hydrogen) atoms. The minimum atomic E-state index is -3.62. The average molecular weight is 343 g/mol. The number of sulfonamides is 1. The number of amides is 1. The van der Waals surface area contributed by atoms with Gasteiger partial charge < -0.3 is 14.6 Å². The van der Waals surface area contributed by atoms with Crippen LogP contribution in [0.5, 0.6) is 0 Å². The molecule has 1 saturated heterocycles. The molecule has 1 unspecified atom stereocenters. The minimum Gasteiger partial charge on any atom is -0.455 e. The number of carbonyl (C=O) groups excluding carboxylic acids is 1. The molecule has 1 aliphatic rings. The van der Waals surface area contributed by atoms with E-state index in [1.165, 1.54) is 20.2 Å². The number of nitrogens with one attached hydrogen (secondary N) is 1. The molecule has 2 heterocycles. The summed E-state index contributed by atoms with van der Waals surface area (Å²) in [4.78, 5) is 14.6. The van der Waals surface area contributed by atoms with Gasteiger partial charge in [0, 0.05) is 39.3 Å². The molecule has 1 aliphatic heterocycles. The van der Waals surface area contributed by atoms with E-state index in [9.17, 15) is 13.2 Å². The number of hydrogen-bond donors (Lipinski definition) is 1. The van der Waals surface area contributed by atoms with E-state index in [1.807, 2.05) is 6.92 Å². The van der Waals surface area contributed by atoms with Gasteiger partial charge in [-0.3, -0.25) is 4.79 Å². The predicted molar refractivity (Wildman–Crippen MR) is 86.9 cm³/mol. The molecule has 8 heteroatoms. The van der Waals surface area contributed by atoms with Crippen LogP contribution in [-0.2, 0) is 10.0 Å². The summed E-state index contributed by atoms with van der Waals surface area (Å²) >= 11 is 0. The second kappa shape index (κ2) is 7.02. The highest BCUT2D eigenvalue weighted by Crippen LogP contribution is 2.24. The summed E-state index contributed by atoms with van der Waals surface area (Å²) in [6, 6.07) is 1.47. The van der Waals surface area contributed by atoms with Crippen molar-refractivity contribution in [3.63, 3.8) is 0 Å². The van der Waals surface area contributed by atoms with Gasteiger partial charge in [-0.2, -0.15) is 0 Å². The zero-order valence-corrected chi connectivity index (χ0v) is 14.9. The van der Waals surface area contributed by atoms with E-state index in [-0.39, 0.29) is 28.4 Å². The molecule has 0 aromatic carbocycles. The Bertz CT molecular complexity index is 660. The highest BCUT2D eigenvalue weighted by molar-refractivity contribution is 7.89. The van der Waals surface area contributed by atoms with Gasteiger partial charge in [-0.15, -0.1) is 0 Å². The highest BCUT2D eigenvalue weighted by Gasteiger charge is 2.31. The topological polar surface area (TPSA) is 82.9 Å². The lowest BCUT2D eigenvalue weighted by molar-refractivity contribution is 0.0658. The van der Waals surface area contributed by atoms with E-state index in [0.717, 1.165) is 30.2 Å². The molecule has 0 spiro atoms. The van der Waals surface area contributed by atoms with Crippen LogP contribution in [0.4, 0.5) is 0 Å². The lowest BCUT2D eigenvalue weighted by Crippen LogP contribution is -2.42. The third-order valence-electron chi connectivity index (χ3n) is 4.04. The Hall–Kier alpha value is -1.38. The second-order valence-electron chi connectivity index (χ2n) is 5.96. The standard InChI is InChI=1S/C15H25N3O4S/c1-5-8-18(12-6-7-16-10-12)15(19)13-9-14(11(2)22-13)23(20,21)17(3)4/h9,12,16H,5-8,10H2,1-4H3. The summed E-state index contributed by atoms with van der Waals surface area (Å²) in [6.07, 6.45) is 1.74. The quantitative estimate of drug-likeness (QED) is 0.835. The van der Waals surface area contributed by atoms with Crippen LogP contribution >= 0.6 is 0 Å². The average Bonchev–Trinajstić information content (AvgIpc) is 3.13. The van der Waals surface area contributed by atoms with Crippen LogP contribution in [0.1, 0.15) is 36.1 Å². The summed E-state index contributed by atoms with van der Waals surface area (Å²) in [5.41, 5.74) is 0. The predicted octanol–water partition coefficient (Wildman–Crippen LogP) is 1.05. The van der Waals surface area contributed by atoms with Crippen molar-refractivity contribution >= 4 is 15.9 Å². The van der Waals surface area contributed by atoms with Gasteiger partial charge >= 0.3 is 0 Å². The fourth-order valence-electron chi connectivity index (χ4n) is 2.76. The van der Waals surface area contributed by atoms with Gasteiger partial charge in [-0.05, 0) is 26.3 Å². The molecule has 0 saturated carbocycles. The Kier molecular flexibility index (Phi) is 5.49. The van der Waals surface area contributed by atoms with Crippen molar-refractivity contribution in [2.75, 3.05) is 33.7 Å². The van der Waals surface area contributed by atoms with Crippen molar-refractivity contribution in [1.82, 2.24) is 14.5 Å². The Morgan fingerprint density at radius 3 is 2.65 bits per heavy atom. The third-order valence-corrected chi connectivity index (χ3v) is 5.96. The Morgan fingerprint density at radius 1 is 1.43 bits per heavy atom. The second-order valence-corrected chi connectivity index (χ2v) is 8.08. The largest absolute Gasteiger partial charge is 0.455 e. The van der Waals surface area contributed by atoms with Crippen molar-refractivity contribution in [3.8, 4) is 0 Å². The number of carbonyl (C=O) groups is 1. The minimum absolute atomic E-state index is 0.0480. The number of aryl methyl sites for hydroxylation is 1. The maximum Gasteiger partial charge on any atom is 0.289 e. The van der Waals surface area contributed by atoms with Gasteiger partial charge in [0.2, 0.25) is 10.0 Å². The van der Waals surface area contributed by atoms with Crippen molar-refractivity contribution in [1.29, 1.82) is 0 Å². The molecule has 0 radical (unpaired) electrons. The third kappa shape index (κ3) is 3.59. The number of rotatable bonds is 6. The van der Waals surface area contributed by atoms with Gasteiger partial charge in [0.15, 0.2) is 5.76 Å². The number of nitrogens with zero attached hydrogens (tertiary/aromatic N) is 2. The molecule has 0 bridgehead atoms. The Morgan fingerprint density at radius 2 is 2.13 bits per heavy atom. The van der Waals surface area contributed by atoms with Gasteiger partial charge in [-0.1, -0.05) is 6.92 Å².